The van der Waals surface area contributed by atoms with Crippen molar-refractivity contribution in [3.63, 3.8) is 0 Å². The van der Waals surface area contributed by atoms with Crippen LogP contribution in [-0.2, 0) is 5.60 Å². The van der Waals surface area contributed by atoms with E-state index in [2.05, 4.69) is 24.1 Å². The zero-order valence-electron chi connectivity index (χ0n) is 13.2. The van der Waals surface area contributed by atoms with Crippen LogP contribution in [-0.4, -0.2) is 29.6 Å². The average Bonchev–Trinajstić information content (AvgIpc) is 2.54. The van der Waals surface area contributed by atoms with Gasteiger partial charge in [-0.25, -0.2) is 0 Å². The number of hydrogen-bond donors (Lipinski definition) is 1. The van der Waals surface area contributed by atoms with Crippen LogP contribution < -0.4 is 0 Å². The van der Waals surface area contributed by atoms with Gasteiger partial charge in [-0.05, 0) is 31.9 Å². The number of aliphatic hydroxyl groups is 1. The van der Waals surface area contributed by atoms with Crippen LogP contribution >= 0.6 is 0 Å². The van der Waals surface area contributed by atoms with Crippen molar-refractivity contribution < 1.29 is 5.11 Å². The number of likely N-dealkylation sites (tertiary alicyclic amines) is 1. The van der Waals surface area contributed by atoms with Gasteiger partial charge in [0, 0.05) is 18.5 Å². The topological polar surface area (TPSA) is 23.5 Å². The maximum absolute atomic E-state index is 11.2. The minimum Gasteiger partial charge on any atom is -0.385 e. The third-order valence-corrected chi connectivity index (χ3v) is 5.03. The first-order chi connectivity index (χ1) is 9.72. The molecule has 1 aliphatic heterocycles. The molecular formula is C18H29NO. The summed E-state index contributed by atoms with van der Waals surface area (Å²) in [7, 11) is 2.22. The molecule has 0 amide bonds. The summed E-state index contributed by atoms with van der Waals surface area (Å²) in [6, 6.07) is 10.9. The summed E-state index contributed by atoms with van der Waals surface area (Å²) in [4.78, 5) is 2.46. The van der Waals surface area contributed by atoms with Gasteiger partial charge in [-0.3, -0.25) is 0 Å². The van der Waals surface area contributed by atoms with Gasteiger partial charge in [0.25, 0.3) is 0 Å². The van der Waals surface area contributed by atoms with Gasteiger partial charge in [-0.2, -0.15) is 0 Å². The molecule has 1 aromatic rings. The first-order valence-electron chi connectivity index (χ1n) is 8.20. The molecule has 2 aliphatic rings. The van der Waals surface area contributed by atoms with E-state index in [4.69, 9.17) is 0 Å². The maximum atomic E-state index is 11.2. The van der Waals surface area contributed by atoms with Crippen LogP contribution in [0, 0.1) is 5.92 Å². The number of rotatable bonds is 1. The summed E-state index contributed by atoms with van der Waals surface area (Å²) in [5, 5.41) is 11.2. The number of benzene rings is 1. The highest BCUT2D eigenvalue weighted by Gasteiger charge is 2.47. The third-order valence-electron chi connectivity index (χ3n) is 5.03. The zero-order chi connectivity index (χ0) is 14.6. The van der Waals surface area contributed by atoms with Crippen LogP contribution in [0.5, 0.6) is 0 Å². The van der Waals surface area contributed by atoms with Gasteiger partial charge < -0.3 is 10.0 Å². The van der Waals surface area contributed by atoms with E-state index < -0.39 is 5.60 Å². The molecule has 0 radical (unpaired) electrons. The molecule has 1 heterocycles. The molecule has 0 aromatic heterocycles. The molecular weight excluding hydrogens is 246 g/mol. The fourth-order valence-electron chi connectivity index (χ4n) is 3.98. The summed E-state index contributed by atoms with van der Waals surface area (Å²) < 4.78 is 0. The molecule has 1 saturated carbocycles. The first-order valence-corrected chi connectivity index (χ1v) is 8.20. The summed E-state index contributed by atoms with van der Waals surface area (Å²) in [5.74, 6) is 0.410. The molecule has 0 spiro atoms. The number of nitrogens with zero attached hydrogens (tertiary/aromatic N) is 1. The van der Waals surface area contributed by atoms with Gasteiger partial charge in [0.15, 0.2) is 0 Å². The van der Waals surface area contributed by atoms with E-state index in [1.165, 1.54) is 25.7 Å². The largest absolute Gasteiger partial charge is 0.385 e. The highest BCUT2D eigenvalue weighted by molar-refractivity contribution is 5.25. The van der Waals surface area contributed by atoms with Crippen LogP contribution in [0.2, 0.25) is 0 Å². The van der Waals surface area contributed by atoms with Gasteiger partial charge in [0.05, 0.1) is 5.60 Å². The van der Waals surface area contributed by atoms with Crippen molar-refractivity contribution >= 4 is 0 Å². The van der Waals surface area contributed by atoms with Crippen molar-refractivity contribution in [2.75, 3.05) is 13.6 Å². The number of hydrogen-bond acceptors (Lipinski definition) is 2. The van der Waals surface area contributed by atoms with Gasteiger partial charge >= 0.3 is 0 Å². The fourth-order valence-corrected chi connectivity index (χ4v) is 3.98. The Morgan fingerprint density at radius 2 is 1.75 bits per heavy atom. The fraction of sp³-hybridized carbons (Fsp3) is 0.667. The summed E-state index contributed by atoms with van der Waals surface area (Å²) in [6.45, 7) is 5.01. The standard InChI is InChI=1S/C16H23NO.C2H6/c1-17-12-11-16(18,13-7-3-2-4-8-13)14-9-5-6-10-15(14)17;1-2/h2-4,7-8,14-15,18H,5-6,9-12H2,1H3;1-2H3. The minimum atomic E-state index is -0.598. The van der Waals surface area contributed by atoms with Gasteiger partial charge in [-0.15, -0.1) is 0 Å². The van der Waals surface area contributed by atoms with E-state index >= 15 is 0 Å². The molecule has 2 fully saturated rings. The minimum absolute atomic E-state index is 0.410. The number of piperidine rings is 1. The van der Waals surface area contributed by atoms with Crippen molar-refractivity contribution in [3.8, 4) is 0 Å². The van der Waals surface area contributed by atoms with E-state index in [0.717, 1.165) is 18.5 Å². The normalized spacial score (nSPS) is 33.8. The molecule has 3 atom stereocenters. The molecule has 1 aromatic carbocycles. The average molecular weight is 275 g/mol. The second kappa shape index (κ2) is 6.73. The molecule has 3 rings (SSSR count). The van der Waals surface area contributed by atoms with Crippen molar-refractivity contribution in [1.82, 2.24) is 4.90 Å². The highest BCUT2D eigenvalue weighted by atomic mass is 16.3. The second-order valence-corrected chi connectivity index (χ2v) is 5.98. The van der Waals surface area contributed by atoms with Crippen LogP contribution in [0.4, 0.5) is 0 Å². The molecule has 1 aliphatic carbocycles. The molecule has 1 N–H and O–H groups in total. The van der Waals surface area contributed by atoms with Crippen molar-refractivity contribution in [1.29, 1.82) is 0 Å². The molecule has 20 heavy (non-hydrogen) atoms. The number of fused-ring (bicyclic) bond motifs is 1. The quantitative estimate of drug-likeness (QED) is 0.843. The van der Waals surface area contributed by atoms with E-state index in [-0.39, 0.29) is 0 Å². The van der Waals surface area contributed by atoms with Crippen molar-refractivity contribution in [2.45, 2.75) is 57.6 Å². The van der Waals surface area contributed by atoms with Gasteiger partial charge in [0.2, 0.25) is 0 Å². The van der Waals surface area contributed by atoms with Gasteiger partial charge in [-0.1, -0.05) is 57.0 Å². The molecule has 1 saturated heterocycles. The molecule has 2 heteroatoms. The Labute approximate surface area is 123 Å². The summed E-state index contributed by atoms with van der Waals surface area (Å²) >= 11 is 0. The Balaban J connectivity index is 0.000000704. The van der Waals surface area contributed by atoms with E-state index in [9.17, 15) is 5.11 Å². The van der Waals surface area contributed by atoms with Crippen LogP contribution in [0.1, 0.15) is 51.5 Å². The molecule has 112 valence electrons. The maximum Gasteiger partial charge on any atom is 0.0951 e. The SMILES string of the molecule is CC.CN1CCC(O)(c2ccccc2)C2CCCCC21. The third kappa shape index (κ3) is 2.77. The molecule has 2 nitrogen and oxygen atoms in total. The van der Waals surface area contributed by atoms with E-state index in [1.807, 2.05) is 32.0 Å². The summed E-state index contributed by atoms with van der Waals surface area (Å²) in [6.07, 6.45) is 5.87. The van der Waals surface area contributed by atoms with Crippen molar-refractivity contribution in [2.24, 2.45) is 5.92 Å². The Kier molecular flexibility index (Phi) is 5.22. The smallest absolute Gasteiger partial charge is 0.0951 e. The molecule has 3 unspecified atom stereocenters. The lowest BCUT2D eigenvalue weighted by molar-refractivity contribution is -0.114. The van der Waals surface area contributed by atoms with Crippen molar-refractivity contribution in [3.05, 3.63) is 35.9 Å². The van der Waals surface area contributed by atoms with Crippen LogP contribution in [0.25, 0.3) is 0 Å². The Morgan fingerprint density at radius 3 is 2.45 bits per heavy atom. The zero-order valence-corrected chi connectivity index (χ0v) is 13.2. The van der Waals surface area contributed by atoms with Gasteiger partial charge in [0.1, 0.15) is 0 Å². The summed E-state index contributed by atoms with van der Waals surface area (Å²) in [5.41, 5.74) is 0.522. The Morgan fingerprint density at radius 1 is 1.10 bits per heavy atom. The Bertz CT molecular complexity index is 405. The lowest BCUT2D eigenvalue weighted by Crippen LogP contribution is -2.56. The predicted molar refractivity (Wildman–Crippen MR) is 84.7 cm³/mol. The predicted octanol–water partition coefficient (Wildman–Crippen LogP) is 3.79. The second-order valence-electron chi connectivity index (χ2n) is 5.98. The monoisotopic (exact) mass is 275 g/mol. The van der Waals surface area contributed by atoms with E-state index in [1.54, 1.807) is 0 Å². The van der Waals surface area contributed by atoms with E-state index in [0.29, 0.717) is 12.0 Å². The first kappa shape index (κ1) is 15.5. The lowest BCUT2D eigenvalue weighted by atomic mass is 9.66. The van der Waals surface area contributed by atoms with Crippen LogP contribution in [0.15, 0.2) is 30.3 Å². The molecule has 0 bridgehead atoms. The Hall–Kier alpha value is -0.860. The highest BCUT2D eigenvalue weighted by Crippen LogP contribution is 2.46. The lowest BCUT2D eigenvalue weighted by Gasteiger charge is -2.51. The van der Waals surface area contributed by atoms with Crippen LogP contribution in [0.3, 0.4) is 0 Å².